The zero-order valence-corrected chi connectivity index (χ0v) is 20.3. The van der Waals surface area contributed by atoms with Gasteiger partial charge in [0, 0.05) is 34.1 Å². The summed E-state index contributed by atoms with van der Waals surface area (Å²) in [4.78, 5) is 17.7. The van der Waals surface area contributed by atoms with Gasteiger partial charge in [0.2, 0.25) is 5.96 Å². The molecule has 0 fully saturated rings. The number of guanidine groups is 1. The summed E-state index contributed by atoms with van der Waals surface area (Å²) >= 11 is 6.29. The van der Waals surface area contributed by atoms with Crippen molar-refractivity contribution in [3.63, 3.8) is 0 Å². The van der Waals surface area contributed by atoms with Gasteiger partial charge in [0.25, 0.3) is 5.91 Å². The average molecular weight is 452 g/mol. The second kappa shape index (κ2) is 10.0. The zero-order chi connectivity index (χ0) is 23.4. The molecule has 7 heteroatoms. The summed E-state index contributed by atoms with van der Waals surface area (Å²) in [5.74, 6) is 0.137. The molecule has 3 rings (SSSR count). The number of nitrogens with zero attached hydrogens (tertiary/aromatic N) is 3. The van der Waals surface area contributed by atoms with E-state index in [0.717, 1.165) is 45.9 Å². The van der Waals surface area contributed by atoms with E-state index in [4.69, 9.17) is 16.6 Å². The lowest BCUT2D eigenvalue weighted by Crippen LogP contribution is -2.36. The van der Waals surface area contributed by atoms with Crippen molar-refractivity contribution < 1.29 is 4.79 Å². The third-order valence-corrected chi connectivity index (χ3v) is 6.16. The van der Waals surface area contributed by atoms with Crippen molar-refractivity contribution in [3.05, 3.63) is 80.6 Å². The first-order valence-electron chi connectivity index (χ1n) is 10.7. The molecule has 2 N–H and O–H groups in total. The van der Waals surface area contributed by atoms with E-state index in [1.807, 2.05) is 75.7 Å². The maximum Gasteiger partial charge on any atom is 0.257 e. The summed E-state index contributed by atoms with van der Waals surface area (Å²) in [6.45, 7) is 13.2. The Morgan fingerprint density at radius 1 is 1.09 bits per heavy atom. The Balaban J connectivity index is 1.92. The van der Waals surface area contributed by atoms with Gasteiger partial charge < -0.3 is 5.32 Å². The van der Waals surface area contributed by atoms with Crippen LogP contribution in [-0.4, -0.2) is 21.6 Å². The number of nitrogens with one attached hydrogen (secondary N) is 2. The Morgan fingerprint density at radius 2 is 1.84 bits per heavy atom. The highest BCUT2D eigenvalue weighted by Gasteiger charge is 2.14. The van der Waals surface area contributed by atoms with Crippen molar-refractivity contribution in [3.8, 4) is 0 Å². The fourth-order valence-corrected chi connectivity index (χ4v) is 3.65. The minimum atomic E-state index is -0.225. The monoisotopic (exact) mass is 451 g/mol. The zero-order valence-electron chi connectivity index (χ0n) is 19.5. The molecule has 1 heterocycles. The molecule has 32 heavy (non-hydrogen) atoms. The van der Waals surface area contributed by atoms with Crippen molar-refractivity contribution >= 4 is 29.2 Å². The molecular formula is C25H30ClN5O. The lowest BCUT2D eigenvalue weighted by Gasteiger charge is -2.15. The number of aromatic nitrogens is 2. The van der Waals surface area contributed by atoms with Crippen molar-refractivity contribution in [1.82, 2.24) is 15.1 Å². The third kappa shape index (κ3) is 5.19. The molecule has 0 aliphatic carbocycles. The Kier molecular flexibility index (Phi) is 7.36. The number of benzene rings is 2. The number of anilines is 1. The number of rotatable bonds is 5. The molecule has 0 unspecified atom stereocenters. The SMILES string of the molecule is CCn1nc(C)c(CN=C(NC(=O)c2ccc(C)c(C)c2)Nc2cccc(Cl)c2C)c1C. The number of amides is 1. The lowest BCUT2D eigenvalue weighted by molar-refractivity contribution is 0.0977. The van der Waals surface area contributed by atoms with Crippen LogP contribution in [0.4, 0.5) is 5.69 Å². The van der Waals surface area contributed by atoms with Gasteiger partial charge in [-0.1, -0.05) is 23.7 Å². The van der Waals surface area contributed by atoms with E-state index in [9.17, 15) is 4.79 Å². The Labute approximate surface area is 194 Å². The fraction of sp³-hybridized carbons (Fsp3) is 0.320. The predicted molar refractivity (Wildman–Crippen MR) is 132 cm³/mol. The highest BCUT2D eigenvalue weighted by atomic mass is 35.5. The molecule has 0 aliphatic heterocycles. The largest absolute Gasteiger partial charge is 0.326 e. The van der Waals surface area contributed by atoms with E-state index in [-0.39, 0.29) is 5.91 Å². The first kappa shape index (κ1) is 23.5. The van der Waals surface area contributed by atoms with Gasteiger partial charge in [0.15, 0.2) is 0 Å². The molecule has 168 valence electrons. The van der Waals surface area contributed by atoms with E-state index < -0.39 is 0 Å². The number of hydrogen-bond acceptors (Lipinski definition) is 3. The molecule has 6 nitrogen and oxygen atoms in total. The van der Waals surface area contributed by atoms with Crippen LogP contribution in [0.3, 0.4) is 0 Å². The maximum absolute atomic E-state index is 13.0. The van der Waals surface area contributed by atoms with Crippen LogP contribution in [0, 0.1) is 34.6 Å². The molecule has 1 amide bonds. The smallest absolute Gasteiger partial charge is 0.257 e. The Morgan fingerprint density at radius 3 is 2.50 bits per heavy atom. The normalized spacial score (nSPS) is 11.5. The summed E-state index contributed by atoms with van der Waals surface area (Å²) in [6.07, 6.45) is 0. The molecular weight excluding hydrogens is 422 g/mol. The minimum absolute atomic E-state index is 0.225. The van der Waals surface area contributed by atoms with Gasteiger partial charge >= 0.3 is 0 Å². The standard InChI is InChI=1S/C25H30ClN5O/c1-7-31-19(6)21(18(5)30-31)14-27-25(28-23-10-8-9-22(26)17(23)4)29-24(32)20-12-11-15(2)16(3)13-20/h8-13H,7,14H2,1-6H3,(H2,27,28,29,32). The molecule has 0 aliphatic rings. The van der Waals surface area contributed by atoms with Gasteiger partial charge in [-0.25, -0.2) is 4.99 Å². The van der Waals surface area contributed by atoms with Gasteiger partial charge in [-0.2, -0.15) is 5.10 Å². The van der Waals surface area contributed by atoms with Crippen LogP contribution in [0.1, 0.15) is 50.9 Å². The van der Waals surface area contributed by atoms with Crippen LogP contribution in [0.2, 0.25) is 5.02 Å². The van der Waals surface area contributed by atoms with Crippen LogP contribution in [-0.2, 0) is 13.1 Å². The van der Waals surface area contributed by atoms with Crippen molar-refractivity contribution in [2.24, 2.45) is 4.99 Å². The number of carbonyl (C=O) groups is 1. The lowest BCUT2D eigenvalue weighted by atomic mass is 10.1. The molecule has 0 radical (unpaired) electrons. The van der Waals surface area contributed by atoms with Crippen LogP contribution >= 0.6 is 11.6 Å². The van der Waals surface area contributed by atoms with E-state index in [1.165, 1.54) is 0 Å². The molecule has 0 spiro atoms. The van der Waals surface area contributed by atoms with Crippen LogP contribution in [0.5, 0.6) is 0 Å². The maximum atomic E-state index is 13.0. The second-order valence-electron chi connectivity index (χ2n) is 7.92. The van der Waals surface area contributed by atoms with Gasteiger partial charge in [-0.15, -0.1) is 0 Å². The first-order chi connectivity index (χ1) is 15.2. The second-order valence-corrected chi connectivity index (χ2v) is 8.33. The summed E-state index contributed by atoms with van der Waals surface area (Å²) < 4.78 is 1.96. The average Bonchev–Trinajstić information content (AvgIpc) is 3.04. The molecule has 1 aromatic heterocycles. The molecule has 2 aromatic carbocycles. The molecule has 0 bridgehead atoms. The highest BCUT2D eigenvalue weighted by Crippen LogP contribution is 2.23. The number of aryl methyl sites for hydroxylation is 4. The van der Waals surface area contributed by atoms with Gasteiger partial charge in [0.1, 0.15) is 0 Å². The predicted octanol–water partition coefficient (Wildman–Crippen LogP) is 5.50. The fourth-order valence-electron chi connectivity index (χ4n) is 3.47. The van der Waals surface area contributed by atoms with Gasteiger partial charge in [-0.3, -0.25) is 14.8 Å². The third-order valence-electron chi connectivity index (χ3n) is 5.75. The van der Waals surface area contributed by atoms with Crippen LogP contribution in [0.15, 0.2) is 41.4 Å². The summed E-state index contributed by atoms with van der Waals surface area (Å²) in [7, 11) is 0. The topological polar surface area (TPSA) is 71.3 Å². The van der Waals surface area contributed by atoms with E-state index in [0.29, 0.717) is 23.1 Å². The number of carbonyl (C=O) groups excluding carboxylic acids is 1. The molecule has 3 aromatic rings. The van der Waals surface area contributed by atoms with Crippen LogP contribution < -0.4 is 10.6 Å². The minimum Gasteiger partial charge on any atom is -0.326 e. The van der Waals surface area contributed by atoms with Crippen molar-refractivity contribution in [2.45, 2.75) is 54.6 Å². The summed E-state index contributed by atoms with van der Waals surface area (Å²) in [5, 5.41) is 11.4. The number of aliphatic imine (C=N–C) groups is 1. The number of hydrogen-bond donors (Lipinski definition) is 2. The Bertz CT molecular complexity index is 1180. The van der Waals surface area contributed by atoms with Crippen molar-refractivity contribution in [1.29, 1.82) is 0 Å². The molecule has 0 atom stereocenters. The van der Waals surface area contributed by atoms with E-state index >= 15 is 0 Å². The summed E-state index contributed by atoms with van der Waals surface area (Å²) in [5.41, 5.74) is 7.52. The Hall–Kier alpha value is -3.12. The van der Waals surface area contributed by atoms with E-state index in [1.54, 1.807) is 0 Å². The van der Waals surface area contributed by atoms with Crippen molar-refractivity contribution in [2.75, 3.05) is 5.32 Å². The quantitative estimate of drug-likeness (QED) is 0.397. The first-order valence-corrected chi connectivity index (χ1v) is 11.1. The van der Waals surface area contributed by atoms with Gasteiger partial charge in [0.05, 0.1) is 12.2 Å². The number of halogens is 1. The van der Waals surface area contributed by atoms with Gasteiger partial charge in [-0.05, 0) is 82.5 Å². The highest BCUT2D eigenvalue weighted by molar-refractivity contribution is 6.31. The van der Waals surface area contributed by atoms with E-state index in [2.05, 4.69) is 22.7 Å². The van der Waals surface area contributed by atoms with Crippen LogP contribution in [0.25, 0.3) is 0 Å². The molecule has 0 saturated heterocycles. The molecule has 0 saturated carbocycles. The summed E-state index contributed by atoms with van der Waals surface area (Å²) in [6, 6.07) is 11.2.